The van der Waals surface area contributed by atoms with E-state index >= 15 is 0 Å². The summed E-state index contributed by atoms with van der Waals surface area (Å²) in [4.78, 5) is 0. The lowest BCUT2D eigenvalue weighted by atomic mass is 9.99. The van der Waals surface area contributed by atoms with Crippen molar-refractivity contribution in [1.82, 2.24) is 5.32 Å². The normalized spacial score (nSPS) is 18.5. The highest BCUT2D eigenvalue weighted by atomic mass is 35.5. The maximum Gasteiger partial charge on any atom is 0.142 e. The number of halogens is 2. The molecule has 0 amide bonds. The Morgan fingerprint density at radius 1 is 1.41 bits per heavy atom. The smallest absolute Gasteiger partial charge is 0.142 e. The van der Waals surface area contributed by atoms with Gasteiger partial charge in [-0.25, -0.2) is 4.39 Å². The van der Waals surface area contributed by atoms with Crippen molar-refractivity contribution in [3.05, 3.63) is 34.6 Å². The van der Waals surface area contributed by atoms with Crippen LogP contribution in [0.15, 0.2) is 18.2 Å². The van der Waals surface area contributed by atoms with Crippen LogP contribution in [0, 0.1) is 11.7 Å². The molecule has 1 nitrogen and oxygen atoms in total. The first-order valence-electron chi connectivity index (χ1n) is 6.34. The lowest BCUT2D eigenvalue weighted by Gasteiger charge is -2.20. The Morgan fingerprint density at radius 3 is 2.82 bits per heavy atom. The van der Waals surface area contributed by atoms with Crippen molar-refractivity contribution in [2.24, 2.45) is 5.92 Å². The van der Waals surface area contributed by atoms with Crippen LogP contribution in [-0.2, 0) is 6.54 Å². The fourth-order valence-corrected chi connectivity index (χ4v) is 2.77. The monoisotopic (exact) mass is 255 g/mol. The van der Waals surface area contributed by atoms with Gasteiger partial charge in [-0.3, -0.25) is 0 Å². The molecule has 1 aromatic rings. The molecule has 1 atom stereocenters. The summed E-state index contributed by atoms with van der Waals surface area (Å²) < 4.78 is 13.2. The molecule has 0 aliphatic heterocycles. The van der Waals surface area contributed by atoms with Gasteiger partial charge in [-0.15, -0.1) is 0 Å². The zero-order chi connectivity index (χ0) is 12.3. The Kier molecular flexibility index (Phi) is 4.41. The van der Waals surface area contributed by atoms with Crippen LogP contribution in [0.2, 0.25) is 5.02 Å². The van der Waals surface area contributed by atoms with Gasteiger partial charge in [0.25, 0.3) is 0 Å². The van der Waals surface area contributed by atoms with Crippen LogP contribution < -0.4 is 5.32 Å². The van der Waals surface area contributed by atoms with Crippen LogP contribution >= 0.6 is 11.6 Å². The lowest BCUT2D eigenvalue weighted by molar-refractivity contribution is 0.380. The third kappa shape index (κ3) is 3.20. The zero-order valence-corrected chi connectivity index (χ0v) is 10.9. The van der Waals surface area contributed by atoms with E-state index in [4.69, 9.17) is 11.6 Å². The molecule has 1 aliphatic carbocycles. The van der Waals surface area contributed by atoms with Gasteiger partial charge in [0.15, 0.2) is 0 Å². The van der Waals surface area contributed by atoms with Gasteiger partial charge in [0, 0.05) is 12.6 Å². The number of hydrogen-bond donors (Lipinski definition) is 1. The maximum absolute atomic E-state index is 13.2. The molecule has 0 aromatic heterocycles. The summed E-state index contributed by atoms with van der Waals surface area (Å²) in [6, 6.07) is 5.46. The molecular weight excluding hydrogens is 237 g/mol. The molecule has 0 radical (unpaired) electrons. The Bertz CT molecular complexity index is 374. The number of nitrogens with one attached hydrogen (secondary N) is 1. The lowest BCUT2D eigenvalue weighted by Crippen LogP contribution is -2.31. The molecule has 1 aromatic carbocycles. The predicted molar refractivity (Wildman–Crippen MR) is 69.7 cm³/mol. The number of benzene rings is 1. The molecular formula is C14H19ClFN. The van der Waals surface area contributed by atoms with E-state index in [0.29, 0.717) is 12.6 Å². The fraction of sp³-hybridized carbons (Fsp3) is 0.571. The Labute approximate surface area is 107 Å². The van der Waals surface area contributed by atoms with E-state index in [1.165, 1.54) is 31.7 Å². The molecule has 17 heavy (non-hydrogen) atoms. The molecule has 0 unspecified atom stereocenters. The van der Waals surface area contributed by atoms with Crippen LogP contribution in [-0.4, -0.2) is 6.04 Å². The van der Waals surface area contributed by atoms with Crippen molar-refractivity contribution in [3.63, 3.8) is 0 Å². The Hall–Kier alpha value is -0.600. The summed E-state index contributed by atoms with van der Waals surface area (Å²) in [7, 11) is 0. The van der Waals surface area contributed by atoms with Gasteiger partial charge in [-0.1, -0.05) is 36.6 Å². The molecule has 0 saturated heterocycles. The third-order valence-electron chi connectivity index (χ3n) is 3.75. The first-order chi connectivity index (χ1) is 8.18. The molecule has 0 heterocycles. The average molecular weight is 256 g/mol. The van der Waals surface area contributed by atoms with Crippen LogP contribution in [0.5, 0.6) is 0 Å². The summed E-state index contributed by atoms with van der Waals surface area (Å²) in [5.41, 5.74) is 0.844. The van der Waals surface area contributed by atoms with Gasteiger partial charge in [-0.05, 0) is 37.3 Å². The molecule has 94 valence electrons. The molecule has 3 heteroatoms. The van der Waals surface area contributed by atoms with Crippen molar-refractivity contribution >= 4 is 11.6 Å². The molecule has 0 spiro atoms. The van der Waals surface area contributed by atoms with E-state index < -0.39 is 0 Å². The van der Waals surface area contributed by atoms with Crippen LogP contribution in [0.25, 0.3) is 0 Å². The predicted octanol–water partition coefficient (Wildman–Crippen LogP) is 4.15. The van der Waals surface area contributed by atoms with E-state index in [1.54, 1.807) is 6.07 Å². The number of hydrogen-bond acceptors (Lipinski definition) is 1. The van der Waals surface area contributed by atoms with Gasteiger partial charge in [-0.2, -0.15) is 0 Å². The van der Waals surface area contributed by atoms with E-state index in [-0.39, 0.29) is 10.8 Å². The van der Waals surface area contributed by atoms with Crippen LogP contribution in [0.3, 0.4) is 0 Å². The third-order valence-corrected chi connectivity index (χ3v) is 4.18. The first kappa shape index (κ1) is 12.8. The second kappa shape index (κ2) is 5.83. The van der Waals surface area contributed by atoms with Gasteiger partial charge in [0.05, 0.1) is 5.02 Å². The maximum atomic E-state index is 13.2. The van der Waals surface area contributed by atoms with Crippen molar-refractivity contribution < 1.29 is 4.39 Å². The van der Waals surface area contributed by atoms with Gasteiger partial charge in [0.2, 0.25) is 0 Å². The van der Waals surface area contributed by atoms with Gasteiger partial charge < -0.3 is 5.32 Å². The quantitative estimate of drug-likeness (QED) is 0.852. The molecule has 1 saturated carbocycles. The molecule has 2 rings (SSSR count). The Morgan fingerprint density at radius 2 is 2.12 bits per heavy atom. The fourth-order valence-electron chi connectivity index (χ4n) is 2.58. The van der Waals surface area contributed by atoms with Crippen molar-refractivity contribution in [2.45, 2.75) is 45.2 Å². The molecule has 1 N–H and O–H groups in total. The van der Waals surface area contributed by atoms with E-state index in [0.717, 1.165) is 11.5 Å². The molecule has 0 bridgehead atoms. The number of rotatable bonds is 4. The van der Waals surface area contributed by atoms with Crippen LogP contribution in [0.4, 0.5) is 4.39 Å². The van der Waals surface area contributed by atoms with Gasteiger partial charge >= 0.3 is 0 Å². The van der Waals surface area contributed by atoms with Crippen molar-refractivity contribution in [1.29, 1.82) is 0 Å². The zero-order valence-electron chi connectivity index (χ0n) is 10.2. The van der Waals surface area contributed by atoms with E-state index in [9.17, 15) is 4.39 Å². The van der Waals surface area contributed by atoms with E-state index in [1.807, 2.05) is 6.07 Å². The first-order valence-corrected chi connectivity index (χ1v) is 6.72. The summed E-state index contributed by atoms with van der Waals surface area (Å²) in [5, 5.41) is 3.71. The highest BCUT2D eigenvalue weighted by Crippen LogP contribution is 2.28. The Balaban J connectivity index is 1.90. The molecule has 1 fully saturated rings. The minimum absolute atomic E-state index is 0.249. The minimum atomic E-state index is -0.334. The topological polar surface area (TPSA) is 12.0 Å². The largest absolute Gasteiger partial charge is 0.310 e. The molecule has 1 aliphatic rings. The second-order valence-corrected chi connectivity index (χ2v) is 5.31. The summed E-state index contributed by atoms with van der Waals surface area (Å²) in [5.74, 6) is 0.432. The van der Waals surface area contributed by atoms with E-state index in [2.05, 4.69) is 12.2 Å². The van der Waals surface area contributed by atoms with Crippen molar-refractivity contribution in [2.75, 3.05) is 0 Å². The standard InChI is InChI=1S/C14H19ClFN/c1-10(11-5-2-3-6-11)17-9-12-7-4-8-13(16)14(12)15/h4,7-8,10-11,17H,2-3,5-6,9H2,1H3/t10-/m1/s1. The summed E-state index contributed by atoms with van der Waals surface area (Å²) in [6.45, 7) is 2.86. The minimum Gasteiger partial charge on any atom is -0.310 e. The van der Waals surface area contributed by atoms with Crippen LogP contribution in [0.1, 0.15) is 38.2 Å². The summed E-state index contributed by atoms with van der Waals surface area (Å²) in [6.07, 6.45) is 5.31. The summed E-state index contributed by atoms with van der Waals surface area (Å²) >= 11 is 5.92. The van der Waals surface area contributed by atoms with Crippen molar-refractivity contribution in [3.8, 4) is 0 Å². The van der Waals surface area contributed by atoms with Gasteiger partial charge in [0.1, 0.15) is 5.82 Å². The second-order valence-electron chi connectivity index (χ2n) is 4.93. The SMILES string of the molecule is C[C@@H](NCc1cccc(F)c1Cl)C1CCCC1. The highest BCUT2D eigenvalue weighted by molar-refractivity contribution is 6.31. The average Bonchev–Trinajstić information content (AvgIpc) is 2.84. The highest BCUT2D eigenvalue weighted by Gasteiger charge is 2.21.